The fourth-order valence-corrected chi connectivity index (χ4v) is 2.37. The van der Waals surface area contributed by atoms with Gasteiger partial charge in [-0.3, -0.25) is 0 Å². The predicted molar refractivity (Wildman–Crippen MR) is 87.5 cm³/mol. The molecule has 140 valence electrons. The number of hydrogen-bond donors (Lipinski definition) is 0. The molecule has 3 aromatic rings. The summed E-state index contributed by atoms with van der Waals surface area (Å²) in [6.45, 7) is 1.40. The van der Waals surface area contributed by atoms with E-state index in [-0.39, 0.29) is 17.5 Å². The Hall–Kier alpha value is -3.50. The Bertz CT molecular complexity index is 1020. The molecule has 0 aliphatic rings. The van der Waals surface area contributed by atoms with Crippen molar-refractivity contribution in [2.75, 3.05) is 7.11 Å². The van der Waals surface area contributed by atoms with E-state index in [2.05, 4.69) is 15.0 Å². The van der Waals surface area contributed by atoms with Crippen molar-refractivity contribution >= 4 is 5.82 Å². The molecule has 8 nitrogen and oxygen atoms in total. The number of hydrogen-bond acceptors (Lipinski definition) is 6. The van der Waals surface area contributed by atoms with Crippen molar-refractivity contribution in [3.8, 4) is 23.0 Å². The quantitative estimate of drug-likeness (QED) is 0.508. The highest BCUT2D eigenvalue weighted by Gasteiger charge is 2.34. The average molecular weight is 379 g/mol. The number of aryl methyl sites for hydroxylation is 1. The molecule has 3 rings (SSSR count). The number of rotatable bonds is 4. The van der Waals surface area contributed by atoms with Gasteiger partial charge in [0, 0.05) is 12.5 Å². The van der Waals surface area contributed by atoms with E-state index in [9.17, 15) is 23.3 Å². The van der Waals surface area contributed by atoms with E-state index in [1.807, 2.05) is 0 Å². The molecule has 0 aliphatic heterocycles. The highest BCUT2D eigenvalue weighted by atomic mass is 19.4. The zero-order chi connectivity index (χ0) is 19.8. The molecule has 2 aromatic heterocycles. The number of benzene rings is 1. The standard InChI is InChI=1S/C16H12F3N5O3/c1-9-20-14(24(25)26)8-23(9)15-21-12(7-13(22-15)16(17,18)19)10-4-3-5-11(6-10)27-2/h3-8H,1-2H3. The van der Waals surface area contributed by atoms with Crippen LogP contribution in [0.25, 0.3) is 17.2 Å². The molecule has 27 heavy (non-hydrogen) atoms. The van der Waals surface area contributed by atoms with E-state index >= 15 is 0 Å². The van der Waals surface area contributed by atoms with Crippen LogP contribution in [-0.4, -0.2) is 31.6 Å². The van der Waals surface area contributed by atoms with Crippen LogP contribution in [0.1, 0.15) is 11.5 Å². The molecular weight excluding hydrogens is 367 g/mol. The molecule has 0 aliphatic carbocycles. The van der Waals surface area contributed by atoms with Crippen molar-refractivity contribution in [1.29, 1.82) is 0 Å². The second-order valence-electron chi connectivity index (χ2n) is 5.44. The zero-order valence-corrected chi connectivity index (χ0v) is 14.1. The minimum atomic E-state index is -4.73. The van der Waals surface area contributed by atoms with Gasteiger partial charge < -0.3 is 14.9 Å². The van der Waals surface area contributed by atoms with Crippen molar-refractivity contribution in [3.63, 3.8) is 0 Å². The molecule has 0 saturated heterocycles. The molecule has 1 aromatic carbocycles. The van der Waals surface area contributed by atoms with Gasteiger partial charge >= 0.3 is 12.0 Å². The molecule has 0 fully saturated rings. The maximum atomic E-state index is 13.3. The first-order valence-corrected chi connectivity index (χ1v) is 7.50. The minimum absolute atomic E-state index is 0.0121. The molecular formula is C16H12F3N5O3. The van der Waals surface area contributed by atoms with Crippen LogP contribution in [0.2, 0.25) is 0 Å². The smallest absolute Gasteiger partial charge is 0.433 e. The first-order chi connectivity index (χ1) is 12.7. The molecule has 0 radical (unpaired) electrons. The van der Waals surface area contributed by atoms with Crippen LogP contribution in [0.3, 0.4) is 0 Å². The Morgan fingerprint density at radius 3 is 2.52 bits per heavy atom. The highest BCUT2D eigenvalue weighted by Crippen LogP contribution is 2.32. The normalized spacial score (nSPS) is 11.4. The van der Waals surface area contributed by atoms with Crippen LogP contribution in [0.15, 0.2) is 36.5 Å². The summed E-state index contributed by atoms with van der Waals surface area (Å²) in [6.07, 6.45) is -3.76. The number of halogens is 3. The van der Waals surface area contributed by atoms with Gasteiger partial charge in [-0.05, 0) is 28.1 Å². The fourth-order valence-electron chi connectivity index (χ4n) is 2.37. The lowest BCUT2D eigenvalue weighted by Gasteiger charge is -2.11. The van der Waals surface area contributed by atoms with Gasteiger partial charge in [-0.1, -0.05) is 12.1 Å². The Balaban J connectivity index is 2.21. The van der Waals surface area contributed by atoms with Crippen molar-refractivity contribution in [3.05, 3.63) is 58.2 Å². The van der Waals surface area contributed by atoms with Gasteiger partial charge in [0.2, 0.25) is 11.8 Å². The molecule has 0 saturated carbocycles. The summed E-state index contributed by atoms with van der Waals surface area (Å²) >= 11 is 0. The van der Waals surface area contributed by atoms with Crippen LogP contribution < -0.4 is 4.74 Å². The Morgan fingerprint density at radius 2 is 1.93 bits per heavy atom. The van der Waals surface area contributed by atoms with Crippen molar-refractivity contribution in [2.45, 2.75) is 13.1 Å². The monoisotopic (exact) mass is 379 g/mol. The van der Waals surface area contributed by atoms with Gasteiger partial charge in [0.15, 0.2) is 5.69 Å². The maximum absolute atomic E-state index is 13.3. The molecule has 11 heteroatoms. The van der Waals surface area contributed by atoms with Crippen LogP contribution in [0, 0.1) is 17.0 Å². The van der Waals surface area contributed by atoms with Crippen LogP contribution in [0.4, 0.5) is 19.0 Å². The van der Waals surface area contributed by atoms with Crippen LogP contribution in [0.5, 0.6) is 5.75 Å². The maximum Gasteiger partial charge on any atom is 0.433 e. The second-order valence-corrected chi connectivity index (χ2v) is 5.44. The summed E-state index contributed by atoms with van der Waals surface area (Å²) < 4.78 is 46.1. The summed E-state index contributed by atoms with van der Waals surface area (Å²) in [5.74, 6) is -0.370. The molecule has 0 N–H and O–H groups in total. The summed E-state index contributed by atoms with van der Waals surface area (Å²) in [5.41, 5.74) is -0.821. The van der Waals surface area contributed by atoms with Crippen molar-refractivity contribution in [2.24, 2.45) is 0 Å². The van der Waals surface area contributed by atoms with E-state index in [4.69, 9.17) is 4.74 Å². The predicted octanol–water partition coefficient (Wildman–Crippen LogP) is 3.57. The second kappa shape index (κ2) is 6.67. The number of ether oxygens (including phenoxy) is 1. The van der Waals surface area contributed by atoms with Gasteiger partial charge in [-0.25, -0.2) is 14.5 Å². The van der Waals surface area contributed by atoms with Gasteiger partial charge in [0.05, 0.1) is 12.8 Å². The lowest BCUT2D eigenvalue weighted by molar-refractivity contribution is -0.389. The molecule has 2 heterocycles. The van der Waals surface area contributed by atoms with E-state index in [1.54, 1.807) is 18.2 Å². The van der Waals surface area contributed by atoms with Crippen LogP contribution in [-0.2, 0) is 6.18 Å². The number of nitro groups is 1. The van der Waals surface area contributed by atoms with Gasteiger partial charge in [0.25, 0.3) is 0 Å². The lowest BCUT2D eigenvalue weighted by atomic mass is 10.1. The molecule has 0 atom stereocenters. The zero-order valence-electron chi connectivity index (χ0n) is 14.1. The van der Waals surface area contributed by atoms with Gasteiger partial charge in [-0.15, -0.1) is 0 Å². The molecule has 0 unspecified atom stereocenters. The van der Waals surface area contributed by atoms with Crippen molar-refractivity contribution in [1.82, 2.24) is 19.5 Å². The third-order valence-corrected chi connectivity index (χ3v) is 3.64. The summed E-state index contributed by atoms with van der Waals surface area (Å²) in [5, 5.41) is 10.9. The Labute approximate surface area is 150 Å². The largest absolute Gasteiger partial charge is 0.497 e. The average Bonchev–Trinajstić information content (AvgIpc) is 3.03. The number of methoxy groups -OCH3 is 1. The Kier molecular flexibility index (Phi) is 4.52. The number of aromatic nitrogens is 4. The minimum Gasteiger partial charge on any atom is -0.497 e. The topological polar surface area (TPSA) is 96.0 Å². The highest BCUT2D eigenvalue weighted by molar-refractivity contribution is 5.62. The summed E-state index contributed by atoms with van der Waals surface area (Å²) in [7, 11) is 1.43. The first kappa shape index (κ1) is 18.3. The fraction of sp³-hybridized carbons (Fsp3) is 0.188. The van der Waals surface area contributed by atoms with E-state index in [0.717, 1.165) is 16.8 Å². The SMILES string of the molecule is COc1cccc(-c2cc(C(F)(F)F)nc(-n3cc([N+](=O)[O-])nc3C)n2)c1. The van der Waals surface area contributed by atoms with Crippen LogP contribution >= 0.6 is 0 Å². The number of imidazole rings is 1. The summed E-state index contributed by atoms with van der Waals surface area (Å²) in [4.78, 5) is 21.5. The Morgan fingerprint density at radius 1 is 1.19 bits per heavy atom. The first-order valence-electron chi connectivity index (χ1n) is 7.50. The van der Waals surface area contributed by atoms with Gasteiger partial charge in [-0.2, -0.15) is 13.2 Å². The number of nitrogens with zero attached hydrogens (tertiary/aromatic N) is 5. The molecule has 0 bridgehead atoms. The third-order valence-electron chi connectivity index (χ3n) is 3.64. The van der Waals surface area contributed by atoms with E-state index in [0.29, 0.717) is 11.3 Å². The van der Waals surface area contributed by atoms with Crippen molar-refractivity contribution < 1.29 is 22.8 Å². The lowest BCUT2D eigenvalue weighted by Crippen LogP contribution is -2.13. The van der Waals surface area contributed by atoms with Gasteiger partial charge in [0.1, 0.15) is 11.9 Å². The third kappa shape index (κ3) is 3.71. The van der Waals surface area contributed by atoms with E-state index < -0.39 is 22.6 Å². The molecule has 0 amide bonds. The number of alkyl halides is 3. The molecule has 0 spiro atoms. The summed E-state index contributed by atoms with van der Waals surface area (Å²) in [6, 6.07) is 7.14. The van der Waals surface area contributed by atoms with E-state index in [1.165, 1.54) is 20.1 Å².